The van der Waals surface area contributed by atoms with E-state index < -0.39 is 12.1 Å². The highest BCUT2D eigenvalue weighted by Gasteiger charge is 2.34. The van der Waals surface area contributed by atoms with Crippen LogP contribution in [0.15, 0.2) is 30.5 Å². The molecule has 0 fully saturated rings. The number of para-hydroxylation sites is 1. The minimum Gasteiger partial charge on any atom is -0.450 e. The summed E-state index contributed by atoms with van der Waals surface area (Å²) in [7, 11) is 0. The maximum absolute atomic E-state index is 11.7. The van der Waals surface area contributed by atoms with Gasteiger partial charge in [-0.2, -0.15) is 0 Å². The normalized spacial score (nSPS) is 17.9. The van der Waals surface area contributed by atoms with Gasteiger partial charge in [0.05, 0.1) is 18.3 Å². The molecule has 0 amide bonds. The van der Waals surface area contributed by atoms with Crippen molar-refractivity contribution in [3.8, 4) is 0 Å². The van der Waals surface area contributed by atoms with E-state index in [-0.39, 0.29) is 6.61 Å². The molecular formula is C14H10N2O3. The monoisotopic (exact) mass is 254 g/mol. The molecule has 0 saturated carbocycles. The number of aliphatic hydroxyl groups is 1. The predicted molar refractivity (Wildman–Crippen MR) is 68.8 cm³/mol. The average Bonchev–Trinajstić information content (AvgIpc) is 2.96. The SMILES string of the molecule is O=C1OC(CO)c2c1ncc1[nH]c3ccccc3c21. The summed E-state index contributed by atoms with van der Waals surface area (Å²) < 4.78 is 5.14. The van der Waals surface area contributed by atoms with Crippen LogP contribution in [0.1, 0.15) is 22.2 Å². The zero-order chi connectivity index (χ0) is 13.0. The van der Waals surface area contributed by atoms with E-state index in [4.69, 9.17) is 4.74 Å². The summed E-state index contributed by atoms with van der Waals surface area (Å²) in [5.74, 6) is -0.471. The summed E-state index contributed by atoms with van der Waals surface area (Å²) in [4.78, 5) is 19.1. The molecule has 2 aromatic heterocycles. The Kier molecular flexibility index (Phi) is 1.97. The second-order valence-corrected chi connectivity index (χ2v) is 4.56. The van der Waals surface area contributed by atoms with Gasteiger partial charge in [0.25, 0.3) is 0 Å². The van der Waals surface area contributed by atoms with Crippen LogP contribution in [0.3, 0.4) is 0 Å². The first-order valence-corrected chi connectivity index (χ1v) is 6.00. The van der Waals surface area contributed by atoms with E-state index in [0.717, 1.165) is 21.8 Å². The molecule has 5 heteroatoms. The van der Waals surface area contributed by atoms with Gasteiger partial charge >= 0.3 is 5.97 Å². The number of nitrogens with one attached hydrogen (secondary N) is 1. The van der Waals surface area contributed by atoms with Gasteiger partial charge in [-0.3, -0.25) is 0 Å². The number of carbonyl (C=O) groups excluding carboxylic acids is 1. The van der Waals surface area contributed by atoms with Crippen LogP contribution in [-0.2, 0) is 4.74 Å². The van der Waals surface area contributed by atoms with Gasteiger partial charge in [-0.15, -0.1) is 0 Å². The highest BCUT2D eigenvalue weighted by Crippen LogP contribution is 2.38. The molecule has 1 aliphatic rings. The maximum atomic E-state index is 11.7. The number of hydrogen-bond donors (Lipinski definition) is 2. The topological polar surface area (TPSA) is 75.2 Å². The Morgan fingerprint density at radius 1 is 1.32 bits per heavy atom. The molecule has 5 nitrogen and oxygen atoms in total. The summed E-state index contributed by atoms with van der Waals surface area (Å²) in [6.45, 7) is -0.237. The Bertz CT molecular complexity index is 822. The van der Waals surface area contributed by atoms with E-state index in [1.165, 1.54) is 0 Å². The van der Waals surface area contributed by atoms with E-state index in [0.29, 0.717) is 11.3 Å². The third-order valence-electron chi connectivity index (χ3n) is 3.51. The zero-order valence-electron chi connectivity index (χ0n) is 9.88. The van der Waals surface area contributed by atoms with Crippen LogP contribution in [0, 0.1) is 0 Å². The van der Waals surface area contributed by atoms with Gasteiger partial charge < -0.3 is 14.8 Å². The van der Waals surface area contributed by atoms with Crippen LogP contribution in [0.4, 0.5) is 0 Å². The third-order valence-corrected chi connectivity index (χ3v) is 3.51. The first kappa shape index (κ1) is 10.5. The highest BCUT2D eigenvalue weighted by atomic mass is 16.6. The summed E-state index contributed by atoms with van der Waals surface area (Å²) in [6.07, 6.45) is 1.01. The Hall–Kier alpha value is -2.40. The highest BCUT2D eigenvalue weighted by molar-refractivity contribution is 6.12. The quantitative estimate of drug-likeness (QED) is 0.650. The molecule has 2 N–H and O–H groups in total. The van der Waals surface area contributed by atoms with Gasteiger partial charge in [0.15, 0.2) is 11.8 Å². The van der Waals surface area contributed by atoms with Crippen LogP contribution in [0.2, 0.25) is 0 Å². The molecular weight excluding hydrogens is 244 g/mol. The molecule has 0 saturated heterocycles. The Balaban J connectivity index is 2.20. The first-order valence-electron chi connectivity index (χ1n) is 6.00. The number of ether oxygens (including phenoxy) is 1. The number of aliphatic hydroxyl groups excluding tert-OH is 1. The number of carbonyl (C=O) groups is 1. The van der Waals surface area contributed by atoms with E-state index >= 15 is 0 Å². The zero-order valence-corrected chi connectivity index (χ0v) is 9.88. The van der Waals surface area contributed by atoms with E-state index in [2.05, 4.69) is 9.97 Å². The van der Waals surface area contributed by atoms with Crippen LogP contribution in [-0.4, -0.2) is 27.7 Å². The molecule has 0 bridgehead atoms. The number of esters is 1. The van der Waals surface area contributed by atoms with Gasteiger partial charge in [0.1, 0.15) is 0 Å². The molecule has 94 valence electrons. The van der Waals surface area contributed by atoms with Gasteiger partial charge in [0.2, 0.25) is 0 Å². The number of aromatic amines is 1. The molecule has 0 spiro atoms. The predicted octanol–water partition coefficient (Wildman–Crippen LogP) is 1.92. The van der Waals surface area contributed by atoms with Crippen LogP contribution < -0.4 is 0 Å². The fourth-order valence-electron chi connectivity index (χ4n) is 2.72. The molecule has 0 radical (unpaired) electrons. The van der Waals surface area contributed by atoms with Gasteiger partial charge in [0, 0.05) is 21.9 Å². The number of H-pyrrole nitrogens is 1. The molecule has 3 heterocycles. The van der Waals surface area contributed by atoms with Gasteiger partial charge in [-0.05, 0) is 6.07 Å². The molecule has 4 rings (SSSR count). The van der Waals surface area contributed by atoms with Crippen molar-refractivity contribution < 1.29 is 14.6 Å². The molecule has 1 unspecified atom stereocenters. The second kappa shape index (κ2) is 3.55. The number of fused-ring (bicyclic) bond motifs is 5. The lowest BCUT2D eigenvalue weighted by atomic mass is 10.0. The number of benzene rings is 1. The third kappa shape index (κ3) is 1.27. The summed E-state index contributed by atoms with van der Waals surface area (Å²) >= 11 is 0. The maximum Gasteiger partial charge on any atom is 0.358 e. The molecule has 1 aliphatic heterocycles. The number of cyclic esters (lactones) is 1. The lowest BCUT2D eigenvalue weighted by Crippen LogP contribution is -2.03. The largest absolute Gasteiger partial charge is 0.450 e. The van der Waals surface area contributed by atoms with Crippen molar-refractivity contribution in [2.75, 3.05) is 6.61 Å². The number of hydrogen-bond acceptors (Lipinski definition) is 4. The molecule has 1 aromatic carbocycles. The fraction of sp³-hybridized carbons (Fsp3) is 0.143. The molecule has 0 aliphatic carbocycles. The van der Waals surface area contributed by atoms with Crippen LogP contribution >= 0.6 is 0 Å². The molecule has 19 heavy (non-hydrogen) atoms. The van der Waals surface area contributed by atoms with Crippen LogP contribution in [0.5, 0.6) is 0 Å². The lowest BCUT2D eigenvalue weighted by molar-refractivity contribution is 0.0235. The first-order chi connectivity index (χ1) is 9.29. The van der Waals surface area contributed by atoms with E-state index in [1.807, 2.05) is 24.3 Å². The van der Waals surface area contributed by atoms with Crippen molar-refractivity contribution in [3.05, 3.63) is 41.7 Å². The summed E-state index contributed by atoms with van der Waals surface area (Å²) in [6, 6.07) is 7.82. The number of aromatic nitrogens is 2. The Labute approximate surface area is 107 Å². The number of rotatable bonds is 1. The molecule has 1 atom stereocenters. The summed E-state index contributed by atoms with van der Waals surface area (Å²) in [5.41, 5.74) is 2.80. The van der Waals surface area contributed by atoms with E-state index in [1.54, 1.807) is 6.20 Å². The van der Waals surface area contributed by atoms with Gasteiger partial charge in [-0.25, -0.2) is 9.78 Å². The Morgan fingerprint density at radius 3 is 3.00 bits per heavy atom. The Morgan fingerprint density at radius 2 is 2.16 bits per heavy atom. The number of pyridine rings is 1. The van der Waals surface area contributed by atoms with Crippen molar-refractivity contribution in [3.63, 3.8) is 0 Å². The summed E-state index contributed by atoms with van der Waals surface area (Å²) in [5, 5.41) is 11.3. The fourth-order valence-corrected chi connectivity index (χ4v) is 2.72. The standard InChI is InChI=1S/C14H10N2O3/c17-6-10-12-11-7-3-1-2-4-8(7)16-9(11)5-15-13(12)14(18)19-10/h1-5,10,16-17H,6H2. The van der Waals surface area contributed by atoms with Crippen molar-refractivity contribution in [1.29, 1.82) is 0 Å². The van der Waals surface area contributed by atoms with Crippen molar-refractivity contribution in [1.82, 2.24) is 9.97 Å². The van der Waals surface area contributed by atoms with Crippen molar-refractivity contribution in [2.24, 2.45) is 0 Å². The molecule has 3 aromatic rings. The lowest BCUT2D eigenvalue weighted by Gasteiger charge is -2.07. The average molecular weight is 254 g/mol. The second-order valence-electron chi connectivity index (χ2n) is 4.56. The van der Waals surface area contributed by atoms with Crippen molar-refractivity contribution >= 4 is 27.8 Å². The minimum absolute atomic E-state index is 0.237. The van der Waals surface area contributed by atoms with Crippen molar-refractivity contribution in [2.45, 2.75) is 6.10 Å². The smallest absolute Gasteiger partial charge is 0.358 e. The number of nitrogens with zero attached hydrogens (tertiary/aromatic N) is 1. The van der Waals surface area contributed by atoms with E-state index in [9.17, 15) is 9.90 Å². The van der Waals surface area contributed by atoms with Crippen LogP contribution in [0.25, 0.3) is 21.8 Å². The minimum atomic E-state index is -0.627. The van der Waals surface area contributed by atoms with Gasteiger partial charge in [-0.1, -0.05) is 18.2 Å².